The van der Waals surface area contributed by atoms with Crippen molar-refractivity contribution in [3.05, 3.63) is 48.6 Å². The van der Waals surface area contributed by atoms with Gasteiger partial charge in [-0.25, -0.2) is 0 Å². The highest BCUT2D eigenvalue weighted by Crippen LogP contribution is 2.38. The quantitative estimate of drug-likeness (QED) is 0.0112. The van der Waals surface area contributed by atoms with Crippen molar-refractivity contribution in [3.63, 3.8) is 0 Å². The third-order valence-electron chi connectivity index (χ3n) is 9.80. The molecule has 0 heterocycles. The highest BCUT2D eigenvalue weighted by molar-refractivity contribution is 7.45. The number of unbranched alkanes of at least 4 members (excludes halogenated alkanes) is 19. The Hall–Kier alpha value is -2.36. The van der Waals surface area contributed by atoms with Crippen LogP contribution in [-0.2, 0) is 37.5 Å². The third-order valence-corrected chi connectivity index (χ3v) is 10.8. The van der Waals surface area contributed by atoms with Crippen LogP contribution in [0.15, 0.2) is 48.6 Å². The lowest BCUT2D eigenvalue weighted by atomic mass is 10.1. The van der Waals surface area contributed by atoms with Crippen molar-refractivity contribution in [1.29, 1.82) is 0 Å². The van der Waals surface area contributed by atoms with Gasteiger partial charge in [0.05, 0.1) is 27.7 Å². The van der Waals surface area contributed by atoms with Crippen LogP contribution in [-0.4, -0.2) is 75.8 Å². The maximum Gasteiger partial charge on any atom is 0.306 e. The van der Waals surface area contributed by atoms with Crippen LogP contribution in [0.3, 0.4) is 0 Å². The number of rotatable bonds is 42. The average molecular weight is 852 g/mol. The normalized spacial score (nSPS) is 13.9. The second kappa shape index (κ2) is 39.8. The molecule has 2 atom stereocenters. The van der Waals surface area contributed by atoms with Gasteiger partial charge >= 0.3 is 11.9 Å². The monoisotopic (exact) mass is 852 g/mol. The zero-order valence-corrected chi connectivity index (χ0v) is 39.1. The number of ketones is 1. The predicted octanol–water partition coefficient (Wildman–Crippen LogP) is 12.0. The first-order valence-corrected chi connectivity index (χ1v) is 24.8. The molecule has 1 unspecified atom stereocenters. The van der Waals surface area contributed by atoms with Crippen LogP contribution in [0.1, 0.15) is 187 Å². The van der Waals surface area contributed by atoms with E-state index in [1.807, 2.05) is 33.3 Å². The molecule has 0 bridgehead atoms. The molecule has 11 heteroatoms. The molecule has 0 N–H and O–H groups in total. The van der Waals surface area contributed by atoms with Gasteiger partial charge in [0.25, 0.3) is 7.82 Å². The summed E-state index contributed by atoms with van der Waals surface area (Å²) >= 11 is 0. The molecule has 0 saturated carbocycles. The number of ether oxygens (including phenoxy) is 2. The molecule has 10 nitrogen and oxygen atoms in total. The van der Waals surface area contributed by atoms with Crippen molar-refractivity contribution >= 4 is 25.5 Å². The Morgan fingerprint density at radius 2 is 1.07 bits per heavy atom. The van der Waals surface area contributed by atoms with Gasteiger partial charge in [0, 0.05) is 19.3 Å². The Morgan fingerprint density at radius 3 is 1.64 bits per heavy atom. The van der Waals surface area contributed by atoms with Crippen LogP contribution in [0.5, 0.6) is 0 Å². The first kappa shape index (κ1) is 56.6. The van der Waals surface area contributed by atoms with E-state index in [0.717, 1.165) is 83.5 Å². The molecular weight excluding hydrogens is 766 g/mol. The van der Waals surface area contributed by atoms with E-state index in [9.17, 15) is 23.8 Å². The molecule has 0 aromatic carbocycles. The van der Waals surface area contributed by atoms with E-state index < -0.39 is 32.5 Å². The minimum atomic E-state index is -4.65. The van der Waals surface area contributed by atoms with E-state index in [1.54, 1.807) is 6.08 Å². The summed E-state index contributed by atoms with van der Waals surface area (Å²) in [6.07, 6.45) is 42.5. The zero-order valence-electron chi connectivity index (χ0n) is 38.2. The molecule has 0 aromatic heterocycles. The SMILES string of the molecule is CCCCC/C=C\C/C=C\CCCCCCCCCCCC(=O)O[C@H](COC(=O)CCCCCCC/C=C\C=C\C(=O)CCCCC)COP(=O)([O-])OCC[N+](C)(C)C. The van der Waals surface area contributed by atoms with E-state index in [0.29, 0.717) is 30.3 Å². The first-order chi connectivity index (χ1) is 28.4. The predicted molar refractivity (Wildman–Crippen MR) is 241 cm³/mol. The van der Waals surface area contributed by atoms with Crippen molar-refractivity contribution in [2.45, 2.75) is 193 Å². The minimum absolute atomic E-state index is 0.0473. The molecule has 0 aromatic rings. The average Bonchev–Trinajstić information content (AvgIpc) is 3.18. The summed E-state index contributed by atoms with van der Waals surface area (Å²) in [5, 5.41) is 0. The Balaban J connectivity index is 4.38. The standard InChI is InChI=1S/C48H86NO9P/c1-6-8-10-11-12-13-14-15-16-17-18-19-20-21-22-25-29-32-36-40-48(52)58-46(44-57-59(53,54)56-42-41-49(3,4)5)43-55-47(51)39-35-31-28-26-23-24-27-30-34-38-45(50)37-33-9-7-2/h12-13,15-16,27,30,34,38,46H,6-11,14,17-26,28-29,31-33,35-37,39-44H2,1-5H3/b13-12-,16-15-,30-27-,38-34+/t46-/m1/s1. The number of carbonyl (C=O) groups excluding carboxylic acids is 3. The molecular formula is C48H86NO9P. The zero-order chi connectivity index (χ0) is 43.7. The summed E-state index contributed by atoms with van der Waals surface area (Å²) in [7, 11) is 1.11. The van der Waals surface area contributed by atoms with Crippen LogP contribution in [0.4, 0.5) is 0 Å². The maximum atomic E-state index is 12.7. The van der Waals surface area contributed by atoms with E-state index in [1.165, 1.54) is 57.8 Å². The highest BCUT2D eigenvalue weighted by atomic mass is 31.2. The number of allylic oxidation sites excluding steroid dienone is 8. The topological polar surface area (TPSA) is 128 Å². The summed E-state index contributed by atoms with van der Waals surface area (Å²) in [5.41, 5.74) is 0. The molecule has 59 heavy (non-hydrogen) atoms. The number of nitrogens with zero attached hydrogens (tertiary/aromatic N) is 1. The van der Waals surface area contributed by atoms with Crippen LogP contribution >= 0.6 is 7.82 Å². The van der Waals surface area contributed by atoms with Gasteiger partial charge in [-0.05, 0) is 70.3 Å². The lowest BCUT2D eigenvalue weighted by Crippen LogP contribution is -2.37. The number of quaternary nitrogens is 1. The Bertz CT molecular complexity index is 1210. The summed E-state index contributed by atoms with van der Waals surface area (Å²) in [6, 6.07) is 0. The van der Waals surface area contributed by atoms with E-state index >= 15 is 0 Å². The van der Waals surface area contributed by atoms with Gasteiger partial charge in [0.15, 0.2) is 11.9 Å². The minimum Gasteiger partial charge on any atom is -0.756 e. The van der Waals surface area contributed by atoms with Crippen molar-refractivity contribution < 1.29 is 46.8 Å². The number of phosphoric acid groups is 1. The van der Waals surface area contributed by atoms with Gasteiger partial charge in [0.2, 0.25) is 0 Å². The van der Waals surface area contributed by atoms with Crippen molar-refractivity contribution in [2.75, 3.05) is 47.5 Å². The van der Waals surface area contributed by atoms with Crippen molar-refractivity contribution in [3.8, 4) is 0 Å². The molecule has 0 radical (unpaired) electrons. The first-order valence-electron chi connectivity index (χ1n) is 23.3. The summed E-state index contributed by atoms with van der Waals surface area (Å²) < 4.78 is 33.9. The molecule has 0 aliphatic heterocycles. The summed E-state index contributed by atoms with van der Waals surface area (Å²) in [4.78, 5) is 49.4. The fraction of sp³-hybridized carbons (Fsp3) is 0.771. The smallest absolute Gasteiger partial charge is 0.306 e. The molecule has 0 aliphatic carbocycles. The number of hydrogen-bond acceptors (Lipinski definition) is 9. The Morgan fingerprint density at radius 1 is 0.576 bits per heavy atom. The number of hydrogen-bond donors (Lipinski definition) is 0. The van der Waals surface area contributed by atoms with Crippen LogP contribution < -0.4 is 4.89 Å². The summed E-state index contributed by atoms with van der Waals surface area (Å²) in [5.74, 6) is -0.724. The largest absolute Gasteiger partial charge is 0.756 e. The summed E-state index contributed by atoms with van der Waals surface area (Å²) in [6.45, 7) is 3.99. The molecule has 0 aliphatic rings. The van der Waals surface area contributed by atoms with Gasteiger partial charge in [-0.2, -0.15) is 0 Å². The maximum absolute atomic E-state index is 12.7. The lowest BCUT2D eigenvalue weighted by Gasteiger charge is -2.28. The molecule has 0 spiro atoms. The number of likely N-dealkylation sites (N-methyl/N-ethyl adjacent to an activating group) is 1. The lowest BCUT2D eigenvalue weighted by molar-refractivity contribution is -0.870. The van der Waals surface area contributed by atoms with Crippen molar-refractivity contribution in [2.24, 2.45) is 0 Å². The van der Waals surface area contributed by atoms with Gasteiger partial charge in [-0.1, -0.05) is 146 Å². The van der Waals surface area contributed by atoms with E-state index in [2.05, 4.69) is 44.2 Å². The van der Waals surface area contributed by atoms with Gasteiger partial charge in [-0.3, -0.25) is 18.9 Å². The number of carbonyl (C=O) groups is 3. The van der Waals surface area contributed by atoms with Gasteiger partial charge in [-0.15, -0.1) is 0 Å². The number of esters is 2. The Labute approximate surface area is 360 Å². The van der Waals surface area contributed by atoms with Crippen LogP contribution in [0.2, 0.25) is 0 Å². The molecule has 0 fully saturated rings. The fourth-order valence-corrected chi connectivity index (χ4v) is 6.81. The third kappa shape index (κ3) is 43.5. The molecule has 0 saturated heterocycles. The van der Waals surface area contributed by atoms with Crippen LogP contribution in [0, 0.1) is 0 Å². The molecule has 0 amide bonds. The second-order valence-corrected chi connectivity index (χ2v) is 18.2. The number of phosphoric ester groups is 1. The Kier molecular flexibility index (Phi) is 38.2. The van der Waals surface area contributed by atoms with E-state index in [4.69, 9.17) is 18.5 Å². The van der Waals surface area contributed by atoms with Crippen LogP contribution in [0.25, 0.3) is 0 Å². The van der Waals surface area contributed by atoms with Gasteiger partial charge < -0.3 is 27.9 Å². The fourth-order valence-electron chi connectivity index (χ4n) is 6.08. The second-order valence-electron chi connectivity index (χ2n) is 16.8. The highest BCUT2D eigenvalue weighted by Gasteiger charge is 2.21. The van der Waals surface area contributed by atoms with Crippen molar-refractivity contribution in [1.82, 2.24) is 0 Å². The van der Waals surface area contributed by atoms with E-state index in [-0.39, 0.29) is 31.8 Å². The van der Waals surface area contributed by atoms with Gasteiger partial charge in [0.1, 0.15) is 19.8 Å². The molecule has 342 valence electrons. The molecule has 0 rings (SSSR count).